The fourth-order valence-corrected chi connectivity index (χ4v) is 3.81. The Morgan fingerprint density at radius 2 is 1.22 bits per heavy atom. The van der Waals surface area contributed by atoms with Crippen molar-refractivity contribution < 1.29 is 33.6 Å². The van der Waals surface area contributed by atoms with Crippen LogP contribution in [0.2, 0.25) is 0 Å². The highest BCUT2D eigenvalue weighted by atomic mass is 16.6. The molecule has 2 amide bonds. The van der Waals surface area contributed by atoms with Gasteiger partial charge in [-0.15, -0.1) is 0 Å². The van der Waals surface area contributed by atoms with Crippen LogP contribution < -0.4 is 19.6 Å². The van der Waals surface area contributed by atoms with Gasteiger partial charge in [0.25, 0.3) is 5.91 Å². The maximum absolute atomic E-state index is 13.8. The molecule has 0 saturated carbocycles. The Bertz CT molecular complexity index is 1130. The number of carbonyl (C=O) groups excluding carboxylic acids is 2. The SMILES string of the molecule is CCOC(=O)N(NC(=O)C(O)(c1ccc(OC)cc1)c1ccc(OC)cc1)C(C)c1ccc(OC)cc1. The molecule has 0 saturated heterocycles. The molecule has 37 heavy (non-hydrogen) atoms. The number of nitrogens with one attached hydrogen (secondary N) is 1. The zero-order valence-electron chi connectivity index (χ0n) is 21.6. The van der Waals surface area contributed by atoms with E-state index < -0.39 is 23.6 Å². The molecular formula is C28H32N2O7. The molecule has 2 N–H and O–H groups in total. The maximum atomic E-state index is 13.8. The van der Waals surface area contributed by atoms with Crippen LogP contribution in [0, 0.1) is 0 Å². The van der Waals surface area contributed by atoms with E-state index in [1.54, 1.807) is 93.8 Å². The molecule has 0 aliphatic carbocycles. The summed E-state index contributed by atoms with van der Waals surface area (Å²) in [7, 11) is 4.60. The van der Waals surface area contributed by atoms with Crippen LogP contribution in [0.4, 0.5) is 4.79 Å². The second-order valence-electron chi connectivity index (χ2n) is 8.13. The van der Waals surface area contributed by atoms with Crippen LogP contribution >= 0.6 is 0 Å². The Morgan fingerprint density at radius 3 is 1.59 bits per heavy atom. The number of benzene rings is 3. The van der Waals surface area contributed by atoms with Gasteiger partial charge in [0.15, 0.2) is 5.60 Å². The number of hydrazine groups is 1. The van der Waals surface area contributed by atoms with Crippen LogP contribution in [0.5, 0.6) is 17.2 Å². The molecule has 1 atom stereocenters. The quantitative estimate of drug-likeness (QED) is 0.417. The van der Waals surface area contributed by atoms with Crippen molar-refractivity contribution in [2.75, 3.05) is 27.9 Å². The Balaban J connectivity index is 2.03. The molecule has 3 aromatic carbocycles. The molecular weight excluding hydrogens is 476 g/mol. The molecule has 3 rings (SSSR count). The van der Waals surface area contributed by atoms with Crippen molar-refractivity contribution in [1.29, 1.82) is 0 Å². The smallest absolute Gasteiger partial charge is 0.429 e. The van der Waals surface area contributed by atoms with E-state index in [1.165, 1.54) is 14.2 Å². The summed E-state index contributed by atoms with van der Waals surface area (Å²) in [6, 6.07) is 19.3. The van der Waals surface area contributed by atoms with Gasteiger partial charge in [-0.25, -0.2) is 9.80 Å². The molecule has 9 heteroatoms. The third-order valence-corrected chi connectivity index (χ3v) is 6.02. The first-order valence-electron chi connectivity index (χ1n) is 11.7. The lowest BCUT2D eigenvalue weighted by Gasteiger charge is -2.34. The highest BCUT2D eigenvalue weighted by Crippen LogP contribution is 2.33. The lowest BCUT2D eigenvalue weighted by molar-refractivity contribution is -0.142. The van der Waals surface area contributed by atoms with Crippen molar-refractivity contribution in [1.82, 2.24) is 10.4 Å². The van der Waals surface area contributed by atoms with Gasteiger partial charge in [0.2, 0.25) is 0 Å². The molecule has 9 nitrogen and oxygen atoms in total. The molecule has 0 aliphatic heterocycles. The molecule has 0 bridgehead atoms. The number of rotatable bonds is 9. The summed E-state index contributed by atoms with van der Waals surface area (Å²) in [5.41, 5.74) is 1.70. The molecule has 1 unspecified atom stereocenters. The van der Waals surface area contributed by atoms with Crippen LogP contribution in [-0.2, 0) is 15.1 Å². The van der Waals surface area contributed by atoms with Gasteiger partial charge in [0.05, 0.1) is 34.0 Å². The molecule has 0 aliphatic rings. The number of nitrogens with zero attached hydrogens (tertiary/aromatic N) is 1. The first kappa shape index (κ1) is 27.3. The fourth-order valence-electron chi connectivity index (χ4n) is 3.81. The topological polar surface area (TPSA) is 107 Å². The van der Waals surface area contributed by atoms with Crippen LogP contribution in [0.3, 0.4) is 0 Å². The Morgan fingerprint density at radius 1 is 0.811 bits per heavy atom. The minimum atomic E-state index is -2.16. The Hall–Kier alpha value is -4.24. The zero-order chi connectivity index (χ0) is 27.0. The number of hydrogen-bond donors (Lipinski definition) is 2. The van der Waals surface area contributed by atoms with E-state index in [4.69, 9.17) is 18.9 Å². The van der Waals surface area contributed by atoms with Gasteiger partial charge in [0, 0.05) is 0 Å². The van der Waals surface area contributed by atoms with Crippen molar-refractivity contribution in [3.63, 3.8) is 0 Å². The molecule has 0 spiro atoms. The Labute approximate surface area is 216 Å². The lowest BCUT2D eigenvalue weighted by Crippen LogP contribution is -2.55. The minimum absolute atomic E-state index is 0.0990. The van der Waals surface area contributed by atoms with Gasteiger partial charge in [0.1, 0.15) is 17.2 Å². The summed E-state index contributed by atoms with van der Waals surface area (Å²) in [6.07, 6.45) is -0.772. The van der Waals surface area contributed by atoms with Gasteiger partial charge in [-0.3, -0.25) is 10.2 Å². The fraction of sp³-hybridized carbons (Fsp3) is 0.286. The average Bonchev–Trinajstić information content (AvgIpc) is 2.95. The van der Waals surface area contributed by atoms with Crippen LogP contribution in [-0.4, -0.2) is 50.1 Å². The summed E-state index contributed by atoms with van der Waals surface area (Å²) in [5, 5.41) is 13.0. The van der Waals surface area contributed by atoms with E-state index in [2.05, 4.69) is 5.43 Å². The van der Waals surface area contributed by atoms with E-state index in [-0.39, 0.29) is 17.7 Å². The molecule has 196 valence electrons. The van der Waals surface area contributed by atoms with Crippen molar-refractivity contribution in [3.05, 3.63) is 89.5 Å². The largest absolute Gasteiger partial charge is 0.497 e. The van der Waals surface area contributed by atoms with E-state index in [1.807, 2.05) is 0 Å². The summed E-state index contributed by atoms with van der Waals surface area (Å²) >= 11 is 0. The van der Waals surface area contributed by atoms with Crippen molar-refractivity contribution in [2.24, 2.45) is 0 Å². The number of carbonyl (C=O) groups is 2. The highest BCUT2D eigenvalue weighted by Gasteiger charge is 2.42. The molecule has 0 radical (unpaired) electrons. The number of ether oxygens (including phenoxy) is 4. The Kier molecular flexibility index (Phi) is 8.97. The van der Waals surface area contributed by atoms with Crippen LogP contribution in [0.25, 0.3) is 0 Å². The second-order valence-corrected chi connectivity index (χ2v) is 8.13. The third kappa shape index (κ3) is 5.95. The highest BCUT2D eigenvalue weighted by molar-refractivity contribution is 5.91. The summed E-state index contributed by atoms with van der Waals surface area (Å²) in [4.78, 5) is 26.8. The first-order chi connectivity index (χ1) is 17.8. The van der Waals surface area contributed by atoms with E-state index in [9.17, 15) is 14.7 Å². The zero-order valence-corrected chi connectivity index (χ0v) is 21.6. The predicted octanol–water partition coefficient (Wildman–Crippen LogP) is 4.20. The normalized spacial score (nSPS) is 11.7. The summed E-state index contributed by atoms with van der Waals surface area (Å²) in [6.45, 7) is 3.50. The van der Waals surface area contributed by atoms with E-state index in [0.29, 0.717) is 22.8 Å². The average molecular weight is 509 g/mol. The maximum Gasteiger partial charge on any atom is 0.429 e. The van der Waals surface area contributed by atoms with Gasteiger partial charge in [-0.05, 0) is 66.9 Å². The van der Waals surface area contributed by atoms with Crippen LogP contribution in [0.15, 0.2) is 72.8 Å². The molecule has 3 aromatic rings. The molecule has 0 aromatic heterocycles. The number of hydrogen-bond acceptors (Lipinski definition) is 7. The standard InChI is InChI=1S/C28H32N2O7/c1-6-37-27(32)30(19(2)20-7-13-23(34-3)14-8-20)29-26(31)28(33,21-9-15-24(35-4)16-10-21)22-11-17-25(36-5)18-12-22/h7-19,33H,6H2,1-5H3,(H,29,31). The van der Waals surface area contributed by atoms with Gasteiger partial charge >= 0.3 is 6.09 Å². The minimum Gasteiger partial charge on any atom is -0.497 e. The summed E-state index contributed by atoms with van der Waals surface area (Å²) in [5.74, 6) is 0.914. The van der Waals surface area contributed by atoms with E-state index in [0.717, 1.165) is 5.01 Å². The van der Waals surface area contributed by atoms with Crippen molar-refractivity contribution in [2.45, 2.75) is 25.5 Å². The lowest BCUT2D eigenvalue weighted by atomic mass is 9.85. The molecule has 0 heterocycles. The van der Waals surface area contributed by atoms with Crippen molar-refractivity contribution >= 4 is 12.0 Å². The number of aliphatic hydroxyl groups is 1. The first-order valence-corrected chi connectivity index (χ1v) is 11.7. The van der Waals surface area contributed by atoms with Crippen molar-refractivity contribution in [3.8, 4) is 17.2 Å². The second kappa shape index (κ2) is 12.1. The van der Waals surface area contributed by atoms with E-state index >= 15 is 0 Å². The third-order valence-electron chi connectivity index (χ3n) is 6.02. The van der Waals surface area contributed by atoms with Gasteiger partial charge in [-0.1, -0.05) is 36.4 Å². The number of methoxy groups -OCH3 is 3. The monoisotopic (exact) mass is 508 g/mol. The van der Waals surface area contributed by atoms with Gasteiger partial charge < -0.3 is 24.1 Å². The number of amides is 2. The molecule has 0 fully saturated rings. The van der Waals surface area contributed by atoms with Crippen LogP contribution in [0.1, 0.15) is 36.6 Å². The van der Waals surface area contributed by atoms with Gasteiger partial charge in [-0.2, -0.15) is 0 Å². The predicted molar refractivity (Wildman–Crippen MR) is 137 cm³/mol. The summed E-state index contributed by atoms with van der Waals surface area (Å²) < 4.78 is 20.9.